The molecule has 4 aromatic rings. The van der Waals surface area contributed by atoms with E-state index in [1.54, 1.807) is 0 Å². The Morgan fingerprint density at radius 1 is 1.03 bits per heavy atom. The summed E-state index contributed by atoms with van der Waals surface area (Å²) in [6.07, 6.45) is 1.75. The molecule has 8 nitrogen and oxygen atoms in total. The number of likely N-dealkylation sites (tertiary alicyclic amines) is 1. The highest BCUT2D eigenvalue weighted by Gasteiger charge is 2.25. The Morgan fingerprint density at radius 3 is 2.45 bits per heavy atom. The predicted octanol–water partition coefficient (Wildman–Crippen LogP) is 4.09. The Balaban J connectivity index is 1.20. The average Bonchev–Trinajstić information content (AvgIpc) is 3.47. The number of benzene rings is 2. The summed E-state index contributed by atoms with van der Waals surface area (Å²) in [7, 11) is 0. The van der Waals surface area contributed by atoms with Gasteiger partial charge in [0.05, 0.1) is 6.54 Å². The molecule has 1 saturated heterocycles. The predicted molar refractivity (Wildman–Crippen MR) is 122 cm³/mol. The van der Waals surface area contributed by atoms with Gasteiger partial charge in [0.15, 0.2) is 0 Å². The molecule has 2 aromatic carbocycles. The third-order valence-corrected chi connectivity index (χ3v) is 5.91. The number of rotatable bonds is 6. The lowest BCUT2D eigenvalue weighted by atomic mass is 10.0. The number of aromatic nitrogens is 3. The van der Waals surface area contributed by atoms with Gasteiger partial charge < -0.3 is 14.3 Å². The highest BCUT2D eigenvalue weighted by molar-refractivity contribution is 5.94. The smallest absolute Gasteiger partial charge is 0.253 e. The maximum atomic E-state index is 12.4. The van der Waals surface area contributed by atoms with Crippen LogP contribution in [0.2, 0.25) is 0 Å². The summed E-state index contributed by atoms with van der Waals surface area (Å²) in [5, 5.41) is 15.8. The van der Waals surface area contributed by atoms with Crippen molar-refractivity contribution in [1.82, 2.24) is 25.6 Å². The number of nitrogens with one attached hydrogen (secondary N) is 1. The first-order chi connectivity index (χ1) is 16.2. The maximum Gasteiger partial charge on any atom is 0.253 e. The summed E-state index contributed by atoms with van der Waals surface area (Å²) in [6, 6.07) is 19.3. The van der Waals surface area contributed by atoms with E-state index in [4.69, 9.17) is 8.94 Å². The lowest BCUT2D eigenvalue weighted by Crippen LogP contribution is -2.44. The molecule has 5 rings (SSSR count). The van der Waals surface area contributed by atoms with Gasteiger partial charge in [-0.1, -0.05) is 53.7 Å². The van der Waals surface area contributed by atoms with Gasteiger partial charge >= 0.3 is 0 Å². The zero-order valence-electron chi connectivity index (χ0n) is 18.4. The molecule has 168 valence electrons. The number of carbonyl (C=O) groups excluding carboxylic acids is 1. The second-order valence-electron chi connectivity index (χ2n) is 8.22. The lowest BCUT2D eigenvalue weighted by molar-refractivity contribution is 0.0905. The van der Waals surface area contributed by atoms with Crippen molar-refractivity contribution in [3.05, 3.63) is 77.9 Å². The van der Waals surface area contributed by atoms with Crippen LogP contribution in [0, 0.1) is 6.92 Å². The number of hydrogen-bond acceptors (Lipinski definition) is 7. The summed E-state index contributed by atoms with van der Waals surface area (Å²) in [5.74, 6) is 1.58. The fourth-order valence-electron chi connectivity index (χ4n) is 4.12. The first-order valence-electron chi connectivity index (χ1n) is 11.1. The van der Waals surface area contributed by atoms with E-state index in [9.17, 15) is 4.79 Å². The molecule has 0 unspecified atom stereocenters. The normalized spacial score (nSPS) is 14.9. The van der Waals surface area contributed by atoms with Crippen LogP contribution in [-0.2, 0) is 6.54 Å². The molecule has 1 aliphatic rings. The van der Waals surface area contributed by atoms with Crippen molar-refractivity contribution < 1.29 is 13.7 Å². The fourth-order valence-corrected chi connectivity index (χ4v) is 4.12. The molecular weight excluding hydrogens is 418 g/mol. The molecular formula is C25H25N5O3. The molecule has 0 bridgehead atoms. The van der Waals surface area contributed by atoms with E-state index in [1.165, 1.54) is 0 Å². The van der Waals surface area contributed by atoms with Gasteiger partial charge in [0.25, 0.3) is 11.8 Å². The van der Waals surface area contributed by atoms with Crippen LogP contribution >= 0.6 is 0 Å². The molecule has 1 amide bonds. The fraction of sp³-hybridized carbons (Fsp3) is 0.280. The van der Waals surface area contributed by atoms with Crippen molar-refractivity contribution in [2.24, 2.45) is 0 Å². The van der Waals surface area contributed by atoms with Gasteiger partial charge in [-0.25, -0.2) is 0 Å². The van der Waals surface area contributed by atoms with Crippen LogP contribution in [-0.4, -0.2) is 45.3 Å². The van der Waals surface area contributed by atoms with Crippen LogP contribution in [0.15, 0.2) is 69.6 Å². The molecule has 1 aliphatic heterocycles. The molecule has 33 heavy (non-hydrogen) atoms. The summed E-state index contributed by atoms with van der Waals surface area (Å²) >= 11 is 0. The molecule has 3 heterocycles. The van der Waals surface area contributed by atoms with Gasteiger partial charge in [0, 0.05) is 30.3 Å². The van der Waals surface area contributed by atoms with Gasteiger partial charge in [0.1, 0.15) is 17.0 Å². The van der Waals surface area contributed by atoms with E-state index in [2.05, 4.69) is 25.6 Å². The van der Waals surface area contributed by atoms with Crippen LogP contribution in [0.1, 0.15) is 34.9 Å². The van der Waals surface area contributed by atoms with Gasteiger partial charge in [-0.15, -0.1) is 10.2 Å². The van der Waals surface area contributed by atoms with E-state index in [-0.39, 0.29) is 11.9 Å². The van der Waals surface area contributed by atoms with E-state index < -0.39 is 0 Å². The van der Waals surface area contributed by atoms with Crippen molar-refractivity contribution in [3.63, 3.8) is 0 Å². The van der Waals surface area contributed by atoms with Gasteiger partial charge in [0.2, 0.25) is 5.89 Å². The first-order valence-corrected chi connectivity index (χ1v) is 11.1. The minimum atomic E-state index is -0.0195. The zero-order chi connectivity index (χ0) is 22.6. The lowest BCUT2D eigenvalue weighted by Gasteiger charge is -2.31. The van der Waals surface area contributed by atoms with Gasteiger partial charge in [-0.2, -0.15) is 0 Å². The Kier molecular flexibility index (Phi) is 5.99. The summed E-state index contributed by atoms with van der Waals surface area (Å²) < 4.78 is 11.4. The molecule has 0 spiro atoms. The molecule has 0 aliphatic carbocycles. The Bertz CT molecular complexity index is 1210. The third kappa shape index (κ3) is 4.70. The monoisotopic (exact) mass is 443 g/mol. The summed E-state index contributed by atoms with van der Waals surface area (Å²) in [4.78, 5) is 14.7. The highest BCUT2D eigenvalue weighted by Crippen LogP contribution is 2.33. The minimum absolute atomic E-state index is 0.0195. The largest absolute Gasteiger partial charge is 0.419 e. The molecule has 0 radical (unpaired) electrons. The van der Waals surface area contributed by atoms with Crippen LogP contribution < -0.4 is 5.32 Å². The van der Waals surface area contributed by atoms with E-state index in [0.717, 1.165) is 37.1 Å². The Labute approximate surface area is 191 Å². The number of hydrogen-bond donors (Lipinski definition) is 1. The number of aryl methyl sites for hydroxylation is 1. The van der Waals surface area contributed by atoms with E-state index in [1.807, 2.05) is 67.6 Å². The van der Waals surface area contributed by atoms with Crippen molar-refractivity contribution in [1.29, 1.82) is 0 Å². The standard InChI is InChI=1S/C25H25N5O3/c1-17-22(23(29-33-17)18-8-4-2-5-9-18)25-28-27-21(32-25)16-30-14-12-20(13-15-30)26-24(31)19-10-6-3-7-11-19/h2-11,20H,12-16H2,1H3,(H,26,31). The third-order valence-electron chi connectivity index (χ3n) is 5.91. The van der Waals surface area contributed by atoms with Crippen molar-refractivity contribution in [2.45, 2.75) is 32.4 Å². The van der Waals surface area contributed by atoms with Crippen molar-refractivity contribution in [3.8, 4) is 22.7 Å². The number of piperidine rings is 1. The number of carbonyl (C=O) groups is 1. The molecule has 0 saturated carbocycles. The highest BCUT2D eigenvalue weighted by atomic mass is 16.5. The Hall–Kier alpha value is -3.78. The molecule has 0 atom stereocenters. The minimum Gasteiger partial charge on any atom is -0.419 e. The number of nitrogens with zero attached hydrogens (tertiary/aromatic N) is 4. The molecule has 1 N–H and O–H groups in total. The van der Waals surface area contributed by atoms with Crippen molar-refractivity contribution >= 4 is 5.91 Å². The number of amides is 1. The topological polar surface area (TPSA) is 97.3 Å². The Morgan fingerprint density at radius 2 is 1.73 bits per heavy atom. The summed E-state index contributed by atoms with van der Waals surface area (Å²) in [5.41, 5.74) is 3.04. The second kappa shape index (κ2) is 9.38. The van der Waals surface area contributed by atoms with E-state index >= 15 is 0 Å². The average molecular weight is 444 g/mol. The molecule has 2 aromatic heterocycles. The second-order valence-corrected chi connectivity index (χ2v) is 8.22. The van der Waals surface area contributed by atoms with Crippen LogP contribution in [0.3, 0.4) is 0 Å². The summed E-state index contributed by atoms with van der Waals surface area (Å²) in [6.45, 7) is 4.10. The van der Waals surface area contributed by atoms with Crippen LogP contribution in [0.4, 0.5) is 0 Å². The van der Waals surface area contributed by atoms with Gasteiger partial charge in [-0.3, -0.25) is 9.69 Å². The van der Waals surface area contributed by atoms with Crippen molar-refractivity contribution in [2.75, 3.05) is 13.1 Å². The molecule has 1 fully saturated rings. The maximum absolute atomic E-state index is 12.4. The zero-order valence-corrected chi connectivity index (χ0v) is 18.4. The van der Waals surface area contributed by atoms with E-state index in [0.29, 0.717) is 35.3 Å². The SMILES string of the molecule is Cc1onc(-c2ccccc2)c1-c1nnc(CN2CCC(NC(=O)c3ccccc3)CC2)o1. The van der Waals surface area contributed by atoms with Crippen LogP contribution in [0.5, 0.6) is 0 Å². The van der Waals surface area contributed by atoms with Crippen LogP contribution in [0.25, 0.3) is 22.7 Å². The molecule has 8 heteroatoms. The first kappa shape index (κ1) is 21.1. The van der Waals surface area contributed by atoms with Gasteiger partial charge in [-0.05, 0) is 31.9 Å². The quantitative estimate of drug-likeness (QED) is 0.479.